The summed E-state index contributed by atoms with van der Waals surface area (Å²) < 4.78 is 2.78. The molecule has 0 saturated carbocycles. The molecule has 0 spiro atoms. The van der Waals surface area contributed by atoms with Gasteiger partial charge in [-0.3, -0.25) is 0 Å². The van der Waals surface area contributed by atoms with Crippen LogP contribution in [0.3, 0.4) is 0 Å². The lowest BCUT2D eigenvalue weighted by Gasteiger charge is -2.27. The van der Waals surface area contributed by atoms with Crippen molar-refractivity contribution in [3.8, 4) is 11.4 Å². The SMILES string of the molecule is CCC(C)(CC)n1nnnc1-c1ccc(Br)c(N)c1. The Kier molecular flexibility index (Phi) is 3.89. The van der Waals surface area contributed by atoms with E-state index in [1.54, 1.807) is 0 Å². The molecular formula is C13H18BrN5. The molecule has 2 aromatic rings. The predicted octanol–water partition coefficient (Wildman–Crippen LogP) is 3.22. The van der Waals surface area contributed by atoms with E-state index in [0.29, 0.717) is 5.69 Å². The second kappa shape index (κ2) is 5.28. The second-order valence-corrected chi connectivity index (χ2v) is 5.71. The summed E-state index contributed by atoms with van der Waals surface area (Å²) in [5.74, 6) is 0.755. The Labute approximate surface area is 121 Å². The minimum absolute atomic E-state index is 0.0827. The average molecular weight is 324 g/mol. The van der Waals surface area contributed by atoms with Crippen LogP contribution in [-0.4, -0.2) is 20.2 Å². The number of halogens is 1. The molecular weight excluding hydrogens is 306 g/mol. The van der Waals surface area contributed by atoms with E-state index in [4.69, 9.17) is 5.73 Å². The van der Waals surface area contributed by atoms with Gasteiger partial charge >= 0.3 is 0 Å². The topological polar surface area (TPSA) is 69.6 Å². The molecule has 2 N–H and O–H groups in total. The van der Waals surface area contributed by atoms with Gasteiger partial charge in [0, 0.05) is 15.7 Å². The van der Waals surface area contributed by atoms with Gasteiger partial charge in [0.25, 0.3) is 0 Å². The fourth-order valence-electron chi connectivity index (χ4n) is 1.96. The summed E-state index contributed by atoms with van der Waals surface area (Å²) in [5.41, 5.74) is 7.46. The van der Waals surface area contributed by atoms with Crippen LogP contribution in [0.15, 0.2) is 22.7 Å². The van der Waals surface area contributed by atoms with Gasteiger partial charge < -0.3 is 5.73 Å². The summed E-state index contributed by atoms with van der Waals surface area (Å²) in [4.78, 5) is 0. The zero-order valence-corrected chi connectivity index (χ0v) is 13.0. The van der Waals surface area contributed by atoms with Crippen molar-refractivity contribution in [3.05, 3.63) is 22.7 Å². The Balaban J connectivity index is 2.52. The molecule has 0 amide bonds. The number of hydrogen-bond donors (Lipinski definition) is 1. The van der Waals surface area contributed by atoms with Crippen molar-refractivity contribution in [2.75, 3.05) is 5.73 Å². The standard InChI is InChI=1S/C13H18BrN5/c1-4-13(3,5-2)19-12(16-17-18-19)9-6-7-10(14)11(15)8-9/h6-8H,4-5,15H2,1-3H3. The normalized spacial score (nSPS) is 11.8. The summed E-state index contributed by atoms with van der Waals surface area (Å²) in [7, 11) is 0. The Bertz CT molecular complexity index is 574. The lowest BCUT2D eigenvalue weighted by atomic mass is 9.95. The lowest BCUT2D eigenvalue weighted by molar-refractivity contribution is 0.262. The molecule has 19 heavy (non-hydrogen) atoms. The highest BCUT2D eigenvalue weighted by molar-refractivity contribution is 9.10. The second-order valence-electron chi connectivity index (χ2n) is 4.85. The average Bonchev–Trinajstić information content (AvgIpc) is 2.91. The third kappa shape index (κ3) is 2.49. The number of aromatic nitrogens is 4. The van der Waals surface area contributed by atoms with Gasteiger partial charge in [0.05, 0.1) is 5.54 Å². The zero-order valence-electron chi connectivity index (χ0n) is 11.4. The maximum Gasteiger partial charge on any atom is 0.182 e. The van der Waals surface area contributed by atoms with E-state index < -0.39 is 0 Å². The molecule has 5 nitrogen and oxygen atoms in total. The van der Waals surface area contributed by atoms with Gasteiger partial charge in [-0.1, -0.05) is 13.8 Å². The van der Waals surface area contributed by atoms with E-state index in [9.17, 15) is 0 Å². The molecule has 0 atom stereocenters. The first-order valence-corrected chi connectivity index (χ1v) is 7.15. The largest absolute Gasteiger partial charge is 0.398 e. The number of benzene rings is 1. The number of anilines is 1. The van der Waals surface area contributed by atoms with Crippen molar-refractivity contribution in [2.24, 2.45) is 0 Å². The Morgan fingerprint density at radius 3 is 2.58 bits per heavy atom. The minimum atomic E-state index is -0.0827. The van der Waals surface area contributed by atoms with Gasteiger partial charge in [0.15, 0.2) is 5.82 Å². The monoisotopic (exact) mass is 323 g/mol. The molecule has 0 unspecified atom stereocenters. The Hall–Kier alpha value is -1.43. The predicted molar refractivity (Wildman–Crippen MR) is 79.6 cm³/mol. The van der Waals surface area contributed by atoms with Crippen molar-refractivity contribution in [1.82, 2.24) is 20.2 Å². The molecule has 102 valence electrons. The van der Waals surface area contributed by atoms with Crippen LogP contribution in [0.25, 0.3) is 11.4 Å². The van der Waals surface area contributed by atoms with Crippen LogP contribution in [0, 0.1) is 0 Å². The van der Waals surface area contributed by atoms with Gasteiger partial charge in [-0.25, -0.2) is 4.68 Å². The number of nitrogen functional groups attached to an aromatic ring is 1. The van der Waals surface area contributed by atoms with Crippen LogP contribution in [0.2, 0.25) is 0 Å². The quantitative estimate of drug-likeness (QED) is 0.877. The molecule has 0 aliphatic carbocycles. The molecule has 0 radical (unpaired) electrons. The molecule has 0 bridgehead atoms. The number of hydrogen-bond acceptors (Lipinski definition) is 4. The van der Waals surface area contributed by atoms with E-state index in [0.717, 1.165) is 28.7 Å². The first-order chi connectivity index (χ1) is 9.01. The smallest absolute Gasteiger partial charge is 0.182 e. The summed E-state index contributed by atoms with van der Waals surface area (Å²) in [6, 6.07) is 5.77. The molecule has 0 aliphatic rings. The zero-order chi connectivity index (χ0) is 14.0. The molecule has 1 aromatic carbocycles. The number of nitrogens with zero attached hydrogens (tertiary/aromatic N) is 4. The van der Waals surface area contributed by atoms with Gasteiger partial charge in [-0.15, -0.1) is 5.10 Å². The van der Waals surface area contributed by atoms with Crippen molar-refractivity contribution in [3.63, 3.8) is 0 Å². The van der Waals surface area contributed by atoms with E-state index in [1.807, 2.05) is 22.9 Å². The Morgan fingerprint density at radius 2 is 2.00 bits per heavy atom. The Morgan fingerprint density at radius 1 is 1.32 bits per heavy atom. The summed E-state index contributed by atoms with van der Waals surface area (Å²) >= 11 is 3.39. The van der Waals surface area contributed by atoms with Gasteiger partial charge in [0.2, 0.25) is 0 Å². The molecule has 1 heterocycles. The van der Waals surface area contributed by atoms with Crippen LogP contribution >= 0.6 is 15.9 Å². The van der Waals surface area contributed by atoms with Crippen molar-refractivity contribution < 1.29 is 0 Å². The van der Waals surface area contributed by atoms with Gasteiger partial charge in [0.1, 0.15) is 0 Å². The van der Waals surface area contributed by atoms with E-state index in [-0.39, 0.29) is 5.54 Å². The van der Waals surface area contributed by atoms with E-state index in [1.165, 1.54) is 0 Å². The number of tetrazole rings is 1. The van der Waals surface area contributed by atoms with Crippen molar-refractivity contribution in [2.45, 2.75) is 39.2 Å². The number of nitrogens with two attached hydrogens (primary N) is 1. The van der Waals surface area contributed by atoms with Gasteiger partial charge in [-0.05, 0) is 64.3 Å². The molecule has 2 rings (SSSR count). The molecule has 0 saturated heterocycles. The highest BCUT2D eigenvalue weighted by Crippen LogP contribution is 2.30. The third-order valence-electron chi connectivity index (χ3n) is 3.76. The summed E-state index contributed by atoms with van der Waals surface area (Å²) in [6.07, 6.45) is 1.93. The molecule has 6 heteroatoms. The molecule has 1 aromatic heterocycles. The van der Waals surface area contributed by atoms with Gasteiger partial charge in [-0.2, -0.15) is 0 Å². The van der Waals surface area contributed by atoms with Crippen molar-refractivity contribution in [1.29, 1.82) is 0 Å². The third-order valence-corrected chi connectivity index (χ3v) is 4.48. The van der Waals surface area contributed by atoms with Crippen LogP contribution in [-0.2, 0) is 5.54 Å². The fraction of sp³-hybridized carbons (Fsp3) is 0.462. The maximum atomic E-state index is 5.93. The van der Waals surface area contributed by atoms with E-state index in [2.05, 4.69) is 52.2 Å². The first kappa shape index (κ1) is 14.0. The summed E-state index contributed by atoms with van der Waals surface area (Å²) in [5, 5.41) is 12.1. The fourth-order valence-corrected chi connectivity index (χ4v) is 2.21. The number of rotatable bonds is 4. The van der Waals surface area contributed by atoms with Crippen LogP contribution in [0.5, 0.6) is 0 Å². The van der Waals surface area contributed by atoms with Crippen LogP contribution in [0.4, 0.5) is 5.69 Å². The highest BCUT2D eigenvalue weighted by Gasteiger charge is 2.27. The summed E-state index contributed by atoms with van der Waals surface area (Å²) in [6.45, 7) is 6.45. The molecule has 0 fully saturated rings. The minimum Gasteiger partial charge on any atom is -0.398 e. The first-order valence-electron chi connectivity index (χ1n) is 6.36. The van der Waals surface area contributed by atoms with Crippen molar-refractivity contribution >= 4 is 21.6 Å². The van der Waals surface area contributed by atoms with Crippen LogP contribution < -0.4 is 5.73 Å². The lowest BCUT2D eigenvalue weighted by Crippen LogP contribution is -2.30. The van der Waals surface area contributed by atoms with E-state index >= 15 is 0 Å². The highest BCUT2D eigenvalue weighted by atomic mass is 79.9. The maximum absolute atomic E-state index is 5.93. The molecule has 0 aliphatic heterocycles. The van der Waals surface area contributed by atoms with Crippen LogP contribution in [0.1, 0.15) is 33.6 Å².